The van der Waals surface area contributed by atoms with Crippen LogP contribution in [0.2, 0.25) is 0 Å². The van der Waals surface area contributed by atoms with Crippen molar-refractivity contribution in [2.45, 2.75) is 64.6 Å². The number of benzene rings is 1. The zero-order chi connectivity index (χ0) is 23.1. The molecule has 0 aromatic heterocycles. The number of urea groups is 1. The lowest BCUT2D eigenvalue weighted by Gasteiger charge is -2.24. The van der Waals surface area contributed by atoms with Gasteiger partial charge in [-0.3, -0.25) is 15.6 Å². The first-order valence-corrected chi connectivity index (χ1v) is 11.2. The average Bonchev–Trinajstić information content (AvgIpc) is 2.77. The van der Waals surface area contributed by atoms with E-state index >= 15 is 0 Å². The molecule has 4 N–H and O–H groups in total. The van der Waals surface area contributed by atoms with Gasteiger partial charge in [0.05, 0.1) is 11.8 Å². The largest absolute Gasteiger partial charge is 0.350 e. The van der Waals surface area contributed by atoms with Crippen molar-refractivity contribution in [3.8, 4) is 0 Å². The number of carbonyl (C=O) groups excluding carboxylic acids is 2. The van der Waals surface area contributed by atoms with Crippen molar-refractivity contribution >= 4 is 23.5 Å². The van der Waals surface area contributed by atoms with E-state index in [1.807, 2.05) is 45.2 Å². The summed E-state index contributed by atoms with van der Waals surface area (Å²) >= 11 is 5.44. The van der Waals surface area contributed by atoms with Crippen LogP contribution in [0.25, 0.3) is 0 Å². The smallest absolute Gasteiger partial charge is 0.340 e. The molecule has 0 aliphatic heterocycles. The number of hydrogen-bond acceptors (Lipinski definition) is 6. The highest BCUT2D eigenvalue weighted by molar-refractivity contribution is 6.18. The van der Waals surface area contributed by atoms with Crippen molar-refractivity contribution < 1.29 is 9.59 Å². The predicted molar refractivity (Wildman–Crippen MR) is 124 cm³/mol. The summed E-state index contributed by atoms with van der Waals surface area (Å²) in [4.78, 5) is 33.5. The molecular formula is C21H35ClN6O3. The number of alkyl halides is 1. The lowest BCUT2D eigenvalue weighted by Crippen LogP contribution is -2.43. The molecule has 9 nitrogen and oxygen atoms in total. The Kier molecular flexibility index (Phi) is 13.4. The number of rotatable bonds is 9. The number of hydrogen-bond donors (Lipinski definition) is 4. The van der Waals surface area contributed by atoms with E-state index in [2.05, 4.69) is 26.8 Å². The summed E-state index contributed by atoms with van der Waals surface area (Å²) < 4.78 is 0. The minimum Gasteiger partial charge on any atom is -0.350 e. The van der Waals surface area contributed by atoms with Crippen molar-refractivity contribution in [2.24, 2.45) is 5.29 Å². The topological polar surface area (TPSA) is 115 Å². The van der Waals surface area contributed by atoms with E-state index in [4.69, 9.17) is 11.6 Å². The molecule has 0 atom stereocenters. The van der Waals surface area contributed by atoms with Gasteiger partial charge in [-0.25, -0.2) is 4.79 Å². The summed E-state index contributed by atoms with van der Waals surface area (Å²) in [5.74, 6) is 0.187. The van der Waals surface area contributed by atoms with Crippen molar-refractivity contribution in [1.82, 2.24) is 26.5 Å². The third-order valence-corrected chi connectivity index (χ3v) is 4.84. The molecule has 0 bridgehead atoms. The number of halogens is 1. The van der Waals surface area contributed by atoms with E-state index in [0.29, 0.717) is 5.56 Å². The molecule has 31 heavy (non-hydrogen) atoms. The second-order valence-electron chi connectivity index (χ2n) is 7.61. The van der Waals surface area contributed by atoms with Crippen molar-refractivity contribution in [3.05, 3.63) is 40.3 Å². The van der Waals surface area contributed by atoms with E-state index in [1.54, 1.807) is 0 Å². The fourth-order valence-electron chi connectivity index (χ4n) is 3.07. The van der Waals surface area contributed by atoms with Crippen LogP contribution < -0.4 is 21.5 Å². The van der Waals surface area contributed by atoms with Gasteiger partial charge in [-0.1, -0.05) is 31.4 Å². The van der Waals surface area contributed by atoms with E-state index in [1.165, 1.54) is 6.42 Å². The van der Waals surface area contributed by atoms with Crippen molar-refractivity contribution in [1.29, 1.82) is 0 Å². The molecule has 0 heterocycles. The van der Waals surface area contributed by atoms with Crippen LogP contribution in [0.4, 0.5) is 4.79 Å². The second-order valence-corrected chi connectivity index (χ2v) is 7.98. The standard InChI is InChI=1S/C12H19N3O.C9H16ClN3O2/c1-9(2)15-12(16)11-6-4-10(5-7-11)8-14-13-3;10-6-7-13(12-15)9(14)11-8-4-2-1-3-5-8/h4-7,9,13-14H,8H2,1-3H3,(H,15,16);8H,1-7H2,(H,11,14). The van der Waals surface area contributed by atoms with Gasteiger partial charge in [-0.2, -0.15) is 5.01 Å². The molecule has 1 aliphatic rings. The fourth-order valence-corrected chi connectivity index (χ4v) is 3.23. The van der Waals surface area contributed by atoms with Gasteiger partial charge in [0, 0.05) is 30.1 Å². The third-order valence-electron chi connectivity index (χ3n) is 4.67. The van der Waals surface area contributed by atoms with E-state index in [-0.39, 0.29) is 30.4 Å². The fraction of sp³-hybridized carbons (Fsp3) is 0.619. The van der Waals surface area contributed by atoms with Crippen LogP contribution in [0.5, 0.6) is 0 Å². The highest BCUT2D eigenvalue weighted by Gasteiger charge is 2.19. The molecule has 0 saturated heterocycles. The monoisotopic (exact) mass is 454 g/mol. The van der Waals surface area contributed by atoms with Crippen LogP contribution in [-0.2, 0) is 6.54 Å². The Morgan fingerprint density at radius 2 is 1.81 bits per heavy atom. The van der Waals surface area contributed by atoms with Crippen LogP contribution in [-0.4, -0.2) is 48.5 Å². The number of carbonyl (C=O) groups is 2. The number of nitrogens with one attached hydrogen (secondary N) is 4. The maximum atomic E-state index is 11.6. The first-order valence-electron chi connectivity index (χ1n) is 10.7. The molecular weight excluding hydrogens is 420 g/mol. The van der Waals surface area contributed by atoms with E-state index in [9.17, 15) is 14.5 Å². The second kappa shape index (κ2) is 15.6. The molecule has 10 heteroatoms. The number of nitrogens with zero attached hydrogens (tertiary/aromatic N) is 2. The highest BCUT2D eigenvalue weighted by Crippen LogP contribution is 2.17. The number of amides is 3. The Labute approximate surface area is 189 Å². The Morgan fingerprint density at radius 3 is 2.32 bits per heavy atom. The Bertz CT molecular complexity index is 666. The Hall–Kier alpha value is -2.23. The zero-order valence-corrected chi connectivity index (χ0v) is 19.4. The van der Waals surface area contributed by atoms with Gasteiger partial charge in [0.1, 0.15) is 0 Å². The lowest BCUT2D eigenvalue weighted by atomic mass is 9.96. The Balaban J connectivity index is 0.000000311. The van der Waals surface area contributed by atoms with E-state index in [0.717, 1.165) is 42.8 Å². The number of hydrazine groups is 1. The number of nitroso groups, excluding NO2 is 1. The van der Waals surface area contributed by atoms with Crippen LogP contribution >= 0.6 is 11.6 Å². The summed E-state index contributed by atoms with van der Waals surface area (Å²) in [6.45, 7) is 4.79. The molecule has 1 aliphatic carbocycles. The summed E-state index contributed by atoms with van der Waals surface area (Å²) in [5.41, 5.74) is 7.68. The van der Waals surface area contributed by atoms with Gasteiger partial charge in [0.25, 0.3) is 5.91 Å². The predicted octanol–water partition coefficient (Wildman–Crippen LogP) is 3.30. The van der Waals surface area contributed by atoms with Crippen LogP contribution in [0.1, 0.15) is 61.9 Å². The summed E-state index contributed by atoms with van der Waals surface area (Å²) in [7, 11) is 1.82. The third kappa shape index (κ3) is 11.1. The van der Waals surface area contributed by atoms with Gasteiger partial charge in [-0.05, 0) is 51.4 Å². The molecule has 0 unspecified atom stereocenters. The Morgan fingerprint density at radius 1 is 1.16 bits per heavy atom. The molecule has 174 valence electrons. The summed E-state index contributed by atoms with van der Waals surface area (Å²) in [6, 6.07) is 7.48. The van der Waals surface area contributed by atoms with Gasteiger partial charge >= 0.3 is 6.03 Å². The van der Waals surface area contributed by atoms with Crippen LogP contribution in [0.3, 0.4) is 0 Å². The molecule has 1 saturated carbocycles. The average molecular weight is 455 g/mol. The quantitative estimate of drug-likeness (QED) is 0.259. The lowest BCUT2D eigenvalue weighted by molar-refractivity contribution is 0.0943. The maximum absolute atomic E-state index is 11.6. The molecule has 1 aromatic rings. The van der Waals surface area contributed by atoms with Gasteiger partial charge in [0.2, 0.25) is 0 Å². The molecule has 2 rings (SSSR count). The minimum absolute atomic E-state index is 0.0249. The SMILES string of the molecule is CNNCc1ccc(C(=O)NC(C)C)cc1.O=NN(CCCl)C(=O)NC1CCCCC1. The maximum Gasteiger partial charge on any atom is 0.340 e. The minimum atomic E-state index is -0.433. The van der Waals surface area contributed by atoms with Crippen molar-refractivity contribution in [2.75, 3.05) is 19.5 Å². The highest BCUT2D eigenvalue weighted by atomic mass is 35.5. The molecule has 1 aromatic carbocycles. The molecule has 0 radical (unpaired) electrons. The summed E-state index contributed by atoms with van der Waals surface area (Å²) in [5, 5.41) is 9.11. The molecule has 3 amide bonds. The first-order chi connectivity index (χ1) is 14.9. The van der Waals surface area contributed by atoms with Crippen LogP contribution in [0, 0.1) is 4.91 Å². The normalized spacial score (nSPS) is 13.7. The summed E-state index contributed by atoms with van der Waals surface area (Å²) in [6.07, 6.45) is 5.46. The van der Waals surface area contributed by atoms with Crippen LogP contribution in [0.15, 0.2) is 29.6 Å². The molecule has 1 fully saturated rings. The first kappa shape index (κ1) is 26.8. The zero-order valence-electron chi connectivity index (χ0n) is 18.6. The molecule has 0 spiro atoms. The van der Waals surface area contributed by atoms with Crippen molar-refractivity contribution in [3.63, 3.8) is 0 Å². The van der Waals surface area contributed by atoms with E-state index < -0.39 is 6.03 Å². The van der Waals surface area contributed by atoms with Gasteiger partial charge < -0.3 is 10.6 Å². The van der Waals surface area contributed by atoms with Gasteiger partial charge in [-0.15, -0.1) is 16.5 Å². The van der Waals surface area contributed by atoms with Gasteiger partial charge in [0.15, 0.2) is 0 Å².